The van der Waals surface area contributed by atoms with E-state index in [0.717, 1.165) is 44.7 Å². The topological polar surface area (TPSA) is 16.4 Å². The quantitative estimate of drug-likeness (QED) is 0.184. The maximum atomic E-state index is 5.83. The molecule has 0 bridgehead atoms. The molecule has 2 nitrogen and oxygen atoms in total. The molecule has 0 N–H and O–H groups in total. The van der Waals surface area contributed by atoms with E-state index in [1.807, 2.05) is 18.4 Å². The Kier molecular flexibility index (Phi) is 7.22. The fraction of sp³-hybridized carbons (Fsp3) is 0. The highest BCUT2D eigenvalue weighted by molar-refractivity contribution is 5.94. The molecule has 0 radical (unpaired) electrons. The number of hydrogen-bond acceptors (Lipinski definition) is 2. The number of fused-ring (bicyclic) bond motifs is 1. The molecule has 1 heterocycles. The van der Waals surface area contributed by atoms with Crippen LogP contribution in [-0.2, 0) is 0 Å². The van der Waals surface area contributed by atoms with Gasteiger partial charge in [0, 0.05) is 28.0 Å². The molecule has 7 aromatic carbocycles. The predicted molar refractivity (Wildman–Crippen MR) is 193 cm³/mol. The summed E-state index contributed by atoms with van der Waals surface area (Å²) in [5.74, 6) is 0. The maximum absolute atomic E-state index is 5.83. The second kappa shape index (κ2) is 12.1. The van der Waals surface area contributed by atoms with Crippen LogP contribution in [0.4, 0.5) is 17.1 Å². The summed E-state index contributed by atoms with van der Waals surface area (Å²) in [6, 6.07) is 64.4. The number of para-hydroxylation sites is 1. The van der Waals surface area contributed by atoms with Gasteiger partial charge in [0.2, 0.25) is 0 Å². The Balaban J connectivity index is 1.15. The van der Waals surface area contributed by atoms with Crippen molar-refractivity contribution in [2.45, 2.75) is 0 Å². The van der Waals surface area contributed by atoms with Crippen LogP contribution < -0.4 is 4.90 Å². The molecule has 0 aliphatic rings. The highest BCUT2D eigenvalue weighted by atomic mass is 16.3. The van der Waals surface area contributed by atoms with Gasteiger partial charge < -0.3 is 9.32 Å². The van der Waals surface area contributed by atoms with Gasteiger partial charge in [-0.05, 0) is 87.5 Å². The Morgan fingerprint density at radius 3 is 1.28 bits per heavy atom. The minimum absolute atomic E-state index is 0.904. The van der Waals surface area contributed by atoms with Gasteiger partial charge >= 0.3 is 0 Å². The Hall–Kier alpha value is -6.12. The zero-order valence-electron chi connectivity index (χ0n) is 25.3. The number of benzene rings is 7. The van der Waals surface area contributed by atoms with Crippen LogP contribution in [0, 0.1) is 0 Å². The van der Waals surface area contributed by atoms with Crippen molar-refractivity contribution in [2.24, 2.45) is 0 Å². The first-order valence-corrected chi connectivity index (χ1v) is 15.6. The van der Waals surface area contributed by atoms with Crippen LogP contribution in [-0.4, -0.2) is 0 Å². The van der Waals surface area contributed by atoms with Crippen molar-refractivity contribution >= 4 is 28.0 Å². The molecule has 0 saturated heterocycles. The summed E-state index contributed by atoms with van der Waals surface area (Å²) < 4.78 is 5.83. The normalized spacial score (nSPS) is 11.0. The molecule has 0 saturated carbocycles. The second-order valence-corrected chi connectivity index (χ2v) is 11.4. The second-order valence-electron chi connectivity index (χ2n) is 11.4. The van der Waals surface area contributed by atoms with Crippen molar-refractivity contribution in [3.8, 4) is 44.5 Å². The first-order valence-electron chi connectivity index (χ1n) is 15.6. The summed E-state index contributed by atoms with van der Waals surface area (Å²) in [4.78, 5) is 2.32. The van der Waals surface area contributed by atoms with E-state index in [2.05, 4.69) is 175 Å². The average molecular weight is 590 g/mol. The molecule has 0 unspecified atom stereocenters. The van der Waals surface area contributed by atoms with Crippen LogP contribution in [0.25, 0.3) is 55.5 Å². The molecule has 2 heteroatoms. The third kappa shape index (κ3) is 5.38. The van der Waals surface area contributed by atoms with Gasteiger partial charge in [-0.3, -0.25) is 0 Å². The Labute approximate surface area is 269 Å². The molecule has 46 heavy (non-hydrogen) atoms. The highest BCUT2D eigenvalue weighted by Crippen LogP contribution is 2.38. The molecule has 8 rings (SSSR count). The van der Waals surface area contributed by atoms with E-state index in [1.165, 1.54) is 27.8 Å². The van der Waals surface area contributed by atoms with Gasteiger partial charge in [0.05, 0.1) is 6.26 Å². The summed E-state index contributed by atoms with van der Waals surface area (Å²) in [6.07, 6.45) is 1.86. The lowest BCUT2D eigenvalue weighted by atomic mass is 9.98. The van der Waals surface area contributed by atoms with Crippen molar-refractivity contribution < 1.29 is 4.42 Å². The zero-order chi connectivity index (χ0) is 30.7. The smallest absolute Gasteiger partial charge is 0.134 e. The molecule has 1 aromatic heterocycles. The number of rotatable bonds is 7. The zero-order valence-corrected chi connectivity index (χ0v) is 25.3. The summed E-state index contributed by atoms with van der Waals surface area (Å²) in [5.41, 5.74) is 13.6. The van der Waals surface area contributed by atoms with Crippen LogP contribution in [0.3, 0.4) is 0 Å². The summed E-state index contributed by atoms with van der Waals surface area (Å²) >= 11 is 0. The largest absolute Gasteiger partial charge is 0.464 e. The predicted octanol–water partition coefficient (Wildman–Crippen LogP) is 12.6. The number of anilines is 3. The SMILES string of the molecule is c1ccc(-c2ccc(N(c3ccc(-c4ccccc4)cc3)c3ccc(-c4cccc(-c5coc6ccccc56)c4)cc3)cc2)cc1. The summed E-state index contributed by atoms with van der Waals surface area (Å²) in [6.45, 7) is 0. The lowest BCUT2D eigenvalue weighted by Crippen LogP contribution is -2.09. The van der Waals surface area contributed by atoms with E-state index < -0.39 is 0 Å². The van der Waals surface area contributed by atoms with Gasteiger partial charge in [-0.1, -0.05) is 133 Å². The van der Waals surface area contributed by atoms with Crippen LogP contribution in [0.15, 0.2) is 193 Å². The lowest BCUT2D eigenvalue weighted by Gasteiger charge is -2.26. The number of nitrogens with zero attached hydrogens (tertiary/aromatic N) is 1. The molecule has 0 amide bonds. The minimum atomic E-state index is 0.904. The van der Waals surface area contributed by atoms with E-state index in [1.54, 1.807) is 0 Å². The minimum Gasteiger partial charge on any atom is -0.464 e. The highest BCUT2D eigenvalue weighted by Gasteiger charge is 2.14. The third-order valence-corrected chi connectivity index (χ3v) is 8.58. The fourth-order valence-electron chi connectivity index (χ4n) is 6.18. The van der Waals surface area contributed by atoms with Crippen LogP contribution in [0.2, 0.25) is 0 Å². The van der Waals surface area contributed by atoms with E-state index in [-0.39, 0.29) is 0 Å². The Morgan fingerprint density at radius 1 is 0.326 bits per heavy atom. The molecule has 8 aromatic rings. The van der Waals surface area contributed by atoms with E-state index in [4.69, 9.17) is 4.42 Å². The monoisotopic (exact) mass is 589 g/mol. The van der Waals surface area contributed by atoms with Gasteiger partial charge in [0.15, 0.2) is 0 Å². The first kappa shape index (κ1) is 27.4. The average Bonchev–Trinajstić information content (AvgIpc) is 3.58. The van der Waals surface area contributed by atoms with Crippen molar-refractivity contribution in [1.29, 1.82) is 0 Å². The Morgan fingerprint density at radius 2 is 0.739 bits per heavy atom. The van der Waals surface area contributed by atoms with Crippen molar-refractivity contribution in [1.82, 2.24) is 0 Å². The third-order valence-electron chi connectivity index (χ3n) is 8.58. The van der Waals surface area contributed by atoms with Crippen LogP contribution in [0.5, 0.6) is 0 Å². The van der Waals surface area contributed by atoms with Crippen molar-refractivity contribution in [3.63, 3.8) is 0 Å². The van der Waals surface area contributed by atoms with Gasteiger partial charge in [-0.2, -0.15) is 0 Å². The lowest BCUT2D eigenvalue weighted by molar-refractivity contribution is 0.617. The number of hydrogen-bond donors (Lipinski definition) is 0. The first-order chi connectivity index (χ1) is 22.8. The fourth-order valence-corrected chi connectivity index (χ4v) is 6.18. The molecular weight excluding hydrogens is 558 g/mol. The standard InChI is InChI=1S/C44H31NO/c1-3-10-32(11-4-1)34-18-24-39(25-19-34)45(40-26-20-35(21-27-40)33-12-5-2-6-13-33)41-28-22-36(23-29-41)37-14-9-15-38(30-37)43-31-46-44-17-8-7-16-42(43)44/h1-31H. The molecule has 0 aliphatic heterocycles. The van der Waals surface area contributed by atoms with Crippen molar-refractivity contribution in [2.75, 3.05) is 4.90 Å². The summed E-state index contributed by atoms with van der Waals surface area (Å²) in [5, 5.41) is 1.13. The molecule has 0 aliphatic carbocycles. The van der Waals surface area contributed by atoms with Gasteiger partial charge in [0.25, 0.3) is 0 Å². The molecule has 218 valence electrons. The summed E-state index contributed by atoms with van der Waals surface area (Å²) in [7, 11) is 0. The number of furan rings is 1. The van der Waals surface area contributed by atoms with Gasteiger partial charge in [0.1, 0.15) is 5.58 Å². The van der Waals surface area contributed by atoms with Gasteiger partial charge in [-0.25, -0.2) is 0 Å². The molecule has 0 atom stereocenters. The van der Waals surface area contributed by atoms with Crippen molar-refractivity contribution in [3.05, 3.63) is 188 Å². The Bertz CT molecular complexity index is 2130. The molecular formula is C44H31NO. The molecule has 0 spiro atoms. The van der Waals surface area contributed by atoms with Crippen LogP contribution in [0.1, 0.15) is 0 Å². The van der Waals surface area contributed by atoms with E-state index >= 15 is 0 Å². The maximum Gasteiger partial charge on any atom is 0.134 e. The van der Waals surface area contributed by atoms with Gasteiger partial charge in [-0.15, -0.1) is 0 Å². The van der Waals surface area contributed by atoms with E-state index in [0.29, 0.717) is 0 Å². The molecule has 0 fully saturated rings. The van der Waals surface area contributed by atoms with E-state index in [9.17, 15) is 0 Å². The van der Waals surface area contributed by atoms with Crippen LogP contribution >= 0.6 is 0 Å².